The van der Waals surface area contributed by atoms with Gasteiger partial charge in [-0.3, -0.25) is 0 Å². The summed E-state index contributed by atoms with van der Waals surface area (Å²) in [6.07, 6.45) is 0.991. The second kappa shape index (κ2) is 6.79. The molecule has 19 heavy (non-hydrogen) atoms. The van der Waals surface area contributed by atoms with Gasteiger partial charge in [-0.05, 0) is 17.4 Å². The van der Waals surface area contributed by atoms with E-state index in [1.807, 2.05) is 11.4 Å². The van der Waals surface area contributed by atoms with E-state index in [1.165, 1.54) is 6.33 Å². The Morgan fingerprint density at radius 2 is 2.21 bits per heavy atom. The third-order valence-corrected chi connectivity index (χ3v) is 3.35. The van der Waals surface area contributed by atoms with Gasteiger partial charge in [0.25, 0.3) is 0 Å². The molecule has 2 N–H and O–H groups in total. The zero-order chi connectivity index (χ0) is 13.7. The molecule has 2 heterocycles. The van der Waals surface area contributed by atoms with Crippen LogP contribution in [0, 0.1) is 5.92 Å². The van der Waals surface area contributed by atoms with Gasteiger partial charge in [0.15, 0.2) is 0 Å². The van der Waals surface area contributed by atoms with Crippen molar-refractivity contribution in [3.05, 3.63) is 17.8 Å². The van der Waals surface area contributed by atoms with Gasteiger partial charge in [-0.25, -0.2) is 9.97 Å². The van der Waals surface area contributed by atoms with Crippen LogP contribution in [0.3, 0.4) is 0 Å². The number of aliphatic hydroxyl groups is 1. The third-order valence-electron chi connectivity index (χ3n) is 2.53. The van der Waals surface area contributed by atoms with Crippen LogP contribution >= 0.6 is 11.3 Å². The summed E-state index contributed by atoms with van der Waals surface area (Å²) in [5.41, 5.74) is 0. The van der Waals surface area contributed by atoms with E-state index in [1.54, 1.807) is 11.3 Å². The van der Waals surface area contributed by atoms with Gasteiger partial charge >= 0.3 is 0 Å². The van der Waals surface area contributed by atoms with E-state index in [0.717, 1.165) is 16.0 Å². The Labute approximate surface area is 116 Å². The Morgan fingerprint density at radius 1 is 1.37 bits per heavy atom. The summed E-state index contributed by atoms with van der Waals surface area (Å²) in [6, 6.07) is 1.98. The molecule has 0 aliphatic heterocycles. The third kappa shape index (κ3) is 4.12. The SMILES string of the molecule is CC(C)COCC(O)CNc1ncnc2sccc12. The number of anilines is 1. The minimum absolute atomic E-state index is 0.336. The van der Waals surface area contributed by atoms with E-state index in [4.69, 9.17) is 4.74 Å². The number of nitrogens with zero attached hydrogens (tertiary/aromatic N) is 2. The van der Waals surface area contributed by atoms with Crippen LogP contribution in [0.5, 0.6) is 0 Å². The Morgan fingerprint density at radius 3 is 3.00 bits per heavy atom. The average molecular weight is 281 g/mol. The monoisotopic (exact) mass is 281 g/mol. The van der Waals surface area contributed by atoms with E-state index in [0.29, 0.717) is 25.7 Å². The van der Waals surface area contributed by atoms with Crippen molar-refractivity contribution >= 4 is 27.4 Å². The fourth-order valence-electron chi connectivity index (χ4n) is 1.64. The van der Waals surface area contributed by atoms with Gasteiger partial charge in [0, 0.05) is 13.2 Å². The lowest BCUT2D eigenvalue weighted by Gasteiger charge is -2.14. The number of rotatable bonds is 7. The first-order valence-electron chi connectivity index (χ1n) is 6.34. The second-order valence-electron chi connectivity index (χ2n) is 4.83. The predicted molar refractivity (Wildman–Crippen MR) is 77.6 cm³/mol. The number of nitrogens with one attached hydrogen (secondary N) is 1. The summed E-state index contributed by atoms with van der Waals surface area (Å²) in [6.45, 7) is 5.58. The molecule has 0 bridgehead atoms. The van der Waals surface area contributed by atoms with Crippen LogP contribution in [0.4, 0.5) is 5.82 Å². The molecule has 0 radical (unpaired) electrons. The topological polar surface area (TPSA) is 67.3 Å². The Balaban J connectivity index is 1.83. The molecule has 5 nitrogen and oxygen atoms in total. The lowest BCUT2D eigenvalue weighted by Crippen LogP contribution is -2.26. The van der Waals surface area contributed by atoms with Crippen molar-refractivity contribution in [2.75, 3.05) is 25.1 Å². The number of hydrogen-bond acceptors (Lipinski definition) is 6. The summed E-state index contributed by atoms with van der Waals surface area (Å²) < 4.78 is 5.40. The molecule has 1 unspecified atom stereocenters. The van der Waals surface area contributed by atoms with Gasteiger partial charge in [0.1, 0.15) is 17.0 Å². The average Bonchev–Trinajstić information content (AvgIpc) is 2.84. The fourth-order valence-corrected chi connectivity index (χ4v) is 2.38. The van der Waals surface area contributed by atoms with Crippen LogP contribution in [0.2, 0.25) is 0 Å². The zero-order valence-electron chi connectivity index (χ0n) is 11.2. The predicted octanol–water partition coefficient (Wildman–Crippen LogP) is 2.14. The van der Waals surface area contributed by atoms with Gasteiger partial charge in [-0.15, -0.1) is 11.3 Å². The molecule has 0 aromatic carbocycles. The van der Waals surface area contributed by atoms with Crippen molar-refractivity contribution in [1.29, 1.82) is 0 Å². The molecule has 0 aliphatic rings. The lowest BCUT2D eigenvalue weighted by molar-refractivity contribution is 0.0317. The van der Waals surface area contributed by atoms with Gasteiger partial charge in [0.05, 0.1) is 18.1 Å². The highest BCUT2D eigenvalue weighted by Gasteiger charge is 2.08. The van der Waals surface area contributed by atoms with Crippen molar-refractivity contribution < 1.29 is 9.84 Å². The molecule has 1 atom stereocenters. The van der Waals surface area contributed by atoms with Crippen LogP contribution in [-0.2, 0) is 4.74 Å². The minimum Gasteiger partial charge on any atom is -0.389 e. The molecule has 0 saturated carbocycles. The first kappa shape index (κ1) is 14.2. The minimum atomic E-state index is -0.539. The van der Waals surface area contributed by atoms with E-state index in [9.17, 15) is 5.11 Å². The van der Waals surface area contributed by atoms with Crippen LogP contribution in [0.15, 0.2) is 17.8 Å². The van der Waals surface area contributed by atoms with Crippen molar-refractivity contribution in [1.82, 2.24) is 9.97 Å². The van der Waals surface area contributed by atoms with E-state index in [2.05, 4.69) is 29.1 Å². The molecule has 0 aliphatic carbocycles. The quantitative estimate of drug-likeness (QED) is 0.814. The Hall–Kier alpha value is -1.24. The highest BCUT2D eigenvalue weighted by atomic mass is 32.1. The van der Waals surface area contributed by atoms with Crippen molar-refractivity contribution in [2.45, 2.75) is 20.0 Å². The van der Waals surface area contributed by atoms with Gasteiger partial charge in [0.2, 0.25) is 0 Å². The van der Waals surface area contributed by atoms with Crippen molar-refractivity contribution in [2.24, 2.45) is 5.92 Å². The summed E-state index contributed by atoms with van der Waals surface area (Å²) in [5, 5.41) is 15.9. The van der Waals surface area contributed by atoms with Gasteiger partial charge in [-0.1, -0.05) is 13.8 Å². The molecule has 6 heteroatoms. The van der Waals surface area contributed by atoms with E-state index >= 15 is 0 Å². The second-order valence-corrected chi connectivity index (χ2v) is 5.72. The molecule has 0 spiro atoms. The van der Waals surface area contributed by atoms with Gasteiger partial charge < -0.3 is 15.2 Å². The fraction of sp³-hybridized carbons (Fsp3) is 0.538. The van der Waals surface area contributed by atoms with Crippen LogP contribution in [0.1, 0.15) is 13.8 Å². The highest BCUT2D eigenvalue weighted by Crippen LogP contribution is 2.23. The maximum atomic E-state index is 9.82. The van der Waals surface area contributed by atoms with Crippen LogP contribution in [0.25, 0.3) is 10.2 Å². The largest absolute Gasteiger partial charge is 0.389 e. The van der Waals surface area contributed by atoms with Crippen LogP contribution < -0.4 is 5.32 Å². The van der Waals surface area contributed by atoms with Crippen molar-refractivity contribution in [3.8, 4) is 0 Å². The summed E-state index contributed by atoms with van der Waals surface area (Å²) >= 11 is 1.57. The van der Waals surface area contributed by atoms with Crippen molar-refractivity contribution in [3.63, 3.8) is 0 Å². The number of hydrogen-bond donors (Lipinski definition) is 2. The van der Waals surface area contributed by atoms with E-state index < -0.39 is 6.10 Å². The maximum Gasteiger partial charge on any atom is 0.138 e. The lowest BCUT2D eigenvalue weighted by atomic mass is 10.2. The Kier molecular flexibility index (Phi) is 5.07. The molecule has 0 saturated heterocycles. The zero-order valence-corrected chi connectivity index (χ0v) is 12.0. The molecule has 2 rings (SSSR count). The normalized spacial score (nSPS) is 13.1. The molecule has 2 aromatic rings. The van der Waals surface area contributed by atoms with Gasteiger partial charge in [-0.2, -0.15) is 0 Å². The standard InChI is InChI=1S/C13H19N3O2S/c1-9(2)6-18-7-10(17)5-14-12-11-3-4-19-13(11)16-8-15-12/h3-4,8-10,17H,5-7H2,1-2H3,(H,14,15,16). The number of aliphatic hydroxyl groups excluding tert-OH is 1. The van der Waals surface area contributed by atoms with Crippen LogP contribution in [-0.4, -0.2) is 40.9 Å². The first-order valence-corrected chi connectivity index (χ1v) is 7.22. The molecule has 2 aromatic heterocycles. The van der Waals surface area contributed by atoms with E-state index in [-0.39, 0.29) is 0 Å². The number of thiophene rings is 1. The molecule has 0 amide bonds. The number of aromatic nitrogens is 2. The summed E-state index contributed by atoms with van der Waals surface area (Å²) in [5.74, 6) is 1.24. The molecular formula is C13H19N3O2S. The first-order chi connectivity index (χ1) is 9.16. The Bertz CT molecular complexity index is 515. The maximum absolute atomic E-state index is 9.82. The summed E-state index contributed by atoms with van der Waals surface area (Å²) in [4.78, 5) is 9.32. The molecular weight excluding hydrogens is 262 g/mol. The molecule has 104 valence electrons. The number of fused-ring (bicyclic) bond motifs is 1. The smallest absolute Gasteiger partial charge is 0.138 e. The summed E-state index contributed by atoms with van der Waals surface area (Å²) in [7, 11) is 0. The highest BCUT2D eigenvalue weighted by molar-refractivity contribution is 7.16. The molecule has 0 fully saturated rings. The number of ether oxygens (including phenoxy) is 1.